The highest BCUT2D eigenvalue weighted by molar-refractivity contribution is 7.22. The highest BCUT2D eigenvalue weighted by Gasteiger charge is 2.15. The lowest BCUT2D eigenvalue weighted by molar-refractivity contribution is -0.114. The molecule has 0 unspecified atom stereocenters. The zero-order valence-corrected chi connectivity index (χ0v) is 13.8. The van der Waals surface area contributed by atoms with E-state index in [1.807, 2.05) is 6.07 Å². The molecule has 7 nitrogen and oxygen atoms in total. The highest BCUT2D eigenvalue weighted by Crippen LogP contribution is 2.29. The Morgan fingerprint density at radius 2 is 2.04 bits per heavy atom. The number of benzene rings is 1. The molecule has 8 heteroatoms. The van der Waals surface area contributed by atoms with Crippen molar-refractivity contribution in [2.75, 3.05) is 17.7 Å². The molecular formula is C16H14N4O3S. The van der Waals surface area contributed by atoms with Crippen molar-refractivity contribution >= 4 is 44.2 Å². The van der Waals surface area contributed by atoms with Gasteiger partial charge in [0.05, 0.1) is 17.3 Å². The van der Waals surface area contributed by atoms with Gasteiger partial charge in [-0.25, -0.2) is 9.97 Å². The summed E-state index contributed by atoms with van der Waals surface area (Å²) in [6, 6.07) is 8.66. The topological polar surface area (TPSA) is 93.2 Å². The van der Waals surface area contributed by atoms with Gasteiger partial charge in [-0.2, -0.15) is 0 Å². The Kier molecular flexibility index (Phi) is 4.39. The number of fused-ring (bicyclic) bond motifs is 1. The standard InChI is InChI=1S/C16H14N4O3S/c1-9(21)18-10-5-6-12-13(8-10)24-16(19-12)20-14(22)11-4-3-7-17-15(11)23-2/h3-8H,1-2H3,(H,18,21)(H,19,20,22). The maximum Gasteiger partial charge on any atom is 0.262 e. The van der Waals surface area contributed by atoms with Crippen LogP contribution in [0, 0.1) is 0 Å². The number of nitrogens with one attached hydrogen (secondary N) is 2. The summed E-state index contributed by atoms with van der Waals surface area (Å²) < 4.78 is 5.94. The fourth-order valence-electron chi connectivity index (χ4n) is 2.15. The summed E-state index contributed by atoms with van der Waals surface area (Å²) in [5.74, 6) is -0.235. The number of anilines is 2. The van der Waals surface area contributed by atoms with E-state index in [-0.39, 0.29) is 17.7 Å². The Morgan fingerprint density at radius 3 is 2.79 bits per heavy atom. The number of methoxy groups -OCH3 is 1. The highest BCUT2D eigenvalue weighted by atomic mass is 32.1. The average molecular weight is 342 g/mol. The number of amides is 2. The minimum atomic E-state index is -0.346. The van der Waals surface area contributed by atoms with E-state index in [0.29, 0.717) is 16.4 Å². The van der Waals surface area contributed by atoms with E-state index < -0.39 is 0 Å². The lowest BCUT2D eigenvalue weighted by atomic mass is 10.2. The summed E-state index contributed by atoms with van der Waals surface area (Å²) in [7, 11) is 1.46. The second-order valence-corrected chi connectivity index (χ2v) is 5.93. The van der Waals surface area contributed by atoms with Crippen molar-refractivity contribution in [3.63, 3.8) is 0 Å². The first kappa shape index (κ1) is 15.9. The molecule has 24 heavy (non-hydrogen) atoms. The van der Waals surface area contributed by atoms with Gasteiger partial charge in [-0.3, -0.25) is 14.9 Å². The lowest BCUT2D eigenvalue weighted by Crippen LogP contribution is -2.13. The number of nitrogens with zero attached hydrogens (tertiary/aromatic N) is 2. The molecule has 1 aromatic carbocycles. The van der Waals surface area contributed by atoms with Gasteiger partial charge in [-0.1, -0.05) is 11.3 Å². The summed E-state index contributed by atoms with van der Waals surface area (Å²) in [5.41, 5.74) is 1.76. The van der Waals surface area contributed by atoms with Gasteiger partial charge in [0, 0.05) is 18.8 Å². The van der Waals surface area contributed by atoms with Crippen LogP contribution in [0.15, 0.2) is 36.5 Å². The second kappa shape index (κ2) is 6.63. The molecular weight excluding hydrogens is 328 g/mol. The molecule has 0 aliphatic carbocycles. The summed E-state index contributed by atoms with van der Waals surface area (Å²) in [4.78, 5) is 31.8. The van der Waals surface area contributed by atoms with Gasteiger partial charge in [0.25, 0.3) is 5.91 Å². The molecule has 0 radical (unpaired) electrons. The zero-order chi connectivity index (χ0) is 17.1. The van der Waals surface area contributed by atoms with Gasteiger partial charge >= 0.3 is 0 Å². The number of thiazole rings is 1. The number of hydrogen-bond donors (Lipinski definition) is 2. The summed E-state index contributed by atoms with van der Waals surface area (Å²) in [6.07, 6.45) is 1.55. The van der Waals surface area contributed by atoms with Crippen LogP contribution in [0.3, 0.4) is 0 Å². The first-order chi connectivity index (χ1) is 11.6. The molecule has 0 aliphatic heterocycles. The normalized spacial score (nSPS) is 10.4. The molecule has 0 atom stereocenters. The van der Waals surface area contributed by atoms with Crippen LogP contribution in [0.5, 0.6) is 5.88 Å². The first-order valence-electron chi connectivity index (χ1n) is 7.05. The molecule has 0 saturated carbocycles. The van der Waals surface area contributed by atoms with Crippen molar-refractivity contribution in [3.05, 3.63) is 42.1 Å². The Balaban J connectivity index is 1.84. The number of carbonyl (C=O) groups excluding carboxylic acids is 2. The molecule has 0 spiro atoms. The van der Waals surface area contributed by atoms with E-state index in [1.54, 1.807) is 30.5 Å². The summed E-state index contributed by atoms with van der Waals surface area (Å²) >= 11 is 1.32. The van der Waals surface area contributed by atoms with E-state index in [9.17, 15) is 9.59 Å². The Bertz CT molecular complexity index is 923. The third kappa shape index (κ3) is 3.33. The Hall–Kier alpha value is -3.00. The Labute approximate surface area is 141 Å². The smallest absolute Gasteiger partial charge is 0.262 e. The molecule has 2 heterocycles. The number of ether oxygens (including phenoxy) is 1. The van der Waals surface area contributed by atoms with Gasteiger partial charge in [0.2, 0.25) is 11.8 Å². The Morgan fingerprint density at radius 1 is 1.21 bits per heavy atom. The molecule has 2 N–H and O–H groups in total. The first-order valence-corrected chi connectivity index (χ1v) is 7.87. The third-order valence-corrected chi connectivity index (χ3v) is 4.07. The summed E-state index contributed by atoms with van der Waals surface area (Å²) in [5, 5.41) is 5.92. The maximum absolute atomic E-state index is 12.4. The number of aromatic nitrogens is 2. The van der Waals surface area contributed by atoms with Crippen LogP contribution in [0.1, 0.15) is 17.3 Å². The van der Waals surface area contributed by atoms with Crippen LogP contribution in [-0.2, 0) is 4.79 Å². The number of carbonyl (C=O) groups is 2. The minimum absolute atomic E-state index is 0.143. The molecule has 3 rings (SSSR count). The van der Waals surface area contributed by atoms with Crippen molar-refractivity contribution in [1.29, 1.82) is 0 Å². The van der Waals surface area contributed by atoms with Crippen molar-refractivity contribution in [1.82, 2.24) is 9.97 Å². The van der Waals surface area contributed by atoms with Gasteiger partial charge in [-0.15, -0.1) is 0 Å². The number of pyridine rings is 1. The fraction of sp³-hybridized carbons (Fsp3) is 0.125. The predicted molar refractivity (Wildman–Crippen MR) is 92.7 cm³/mol. The van der Waals surface area contributed by atoms with Crippen molar-refractivity contribution < 1.29 is 14.3 Å². The van der Waals surface area contributed by atoms with Gasteiger partial charge < -0.3 is 10.1 Å². The van der Waals surface area contributed by atoms with Crippen LogP contribution < -0.4 is 15.4 Å². The number of hydrogen-bond acceptors (Lipinski definition) is 6. The van der Waals surface area contributed by atoms with E-state index in [2.05, 4.69) is 20.6 Å². The lowest BCUT2D eigenvalue weighted by Gasteiger charge is -2.05. The monoisotopic (exact) mass is 342 g/mol. The van der Waals surface area contributed by atoms with Crippen LogP contribution >= 0.6 is 11.3 Å². The molecule has 2 amide bonds. The van der Waals surface area contributed by atoms with E-state index >= 15 is 0 Å². The van der Waals surface area contributed by atoms with Gasteiger partial charge in [0.15, 0.2) is 5.13 Å². The van der Waals surface area contributed by atoms with Gasteiger partial charge in [-0.05, 0) is 30.3 Å². The molecule has 0 aliphatic rings. The van der Waals surface area contributed by atoms with Crippen LogP contribution in [0.4, 0.5) is 10.8 Å². The number of rotatable bonds is 4. The fourth-order valence-corrected chi connectivity index (χ4v) is 3.05. The van der Waals surface area contributed by atoms with E-state index in [4.69, 9.17) is 4.74 Å². The summed E-state index contributed by atoms with van der Waals surface area (Å²) in [6.45, 7) is 1.45. The largest absolute Gasteiger partial charge is 0.480 e. The molecule has 0 fully saturated rings. The van der Waals surface area contributed by atoms with Gasteiger partial charge in [0.1, 0.15) is 5.56 Å². The van der Waals surface area contributed by atoms with Crippen molar-refractivity contribution in [2.24, 2.45) is 0 Å². The molecule has 2 aromatic heterocycles. The molecule has 122 valence electrons. The van der Waals surface area contributed by atoms with Crippen LogP contribution in [-0.4, -0.2) is 28.9 Å². The van der Waals surface area contributed by atoms with E-state index in [0.717, 1.165) is 10.2 Å². The van der Waals surface area contributed by atoms with Crippen LogP contribution in [0.25, 0.3) is 10.2 Å². The van der Waals surface area contributed by atoms with Crippen molar-refractivity contribution in [3.8, 4) is 5.88 Å². The quantitative estimate of drug-likeness (QED) is 0.760. The molecule has 0 saturated heterocycles. The predicted octanol–water partition coefficient (Wildman–Crippen LogP) is 2.91. The molecule has 0 bridgehead atoms. The van der Waals surface area contributed by atoms with Crippen molar-refractivity contribution in [2.45, 2.75) is 6.92 Å². The SMILES string of the molecule is COc1ncccc1C(=O)Nc1nc2ccc(NC(C)=O)cc2s1. The molecule has 3 aromatic rings. The zero-order valence-electron chi connectivity index (χ0n) is 13.0. The average Bonchev–Trinajstić information content (AvgIpc) is 2.95. The maximum atomic E-state index is 12.4. The minimum Gasteiger partial charge on any atom is -0.480 e. The second-order valence-electron chi connectivity index (χ2n) is 4.90. The third-order valence-electron chi connectivity index (χ3n) is 3.14. The van der Waals surface area contributed by atoms with Crippen LogP contribution in [0.2, 0.25) is 0 Å². The van der Waals surface area contributed by atoms with E-state index in [1.165, 1.54) is 25.4 Å².